The standard InChI is InChI=1S/C13H19ClN4O2/c1-4-16-9-6-5-8(14)10(18-9)11(19)17-7-13(2,3)12(15)20/h5-6H,4,7H2,1-3H3,(H2,15,20)(H,16,18)(H,17,19). The number of primary amides is 1. The fourth-order valence-corrected chi connectivity index (χ4v) is 1.54. The average Bonchev–Trinajstić information content (AvgIpc) is 2.38. The molecule has 0 radical (unpaired) electrons. The smallest absolute Gasteiger partial charge is 0.271 e. The van der Waals surface area contributed by atoms with Gasteiger partial charge in [0, 0.05) is 13.1 Å². The lowest BCUT2D eigenvalue weighted by atomic mass is 9.93. The average molecular weight is 299 g/mol. The fraction of sp³-hybridized carbons (Fsp3) is 0.462. The van der Waals surface area contributed by atoms with Gasteiger partial charge in [-0.3, -0.25) is 9.59 Å². The van der Waals surface area contributed by atoms with Crippen molar-refractivity contribution in [3.8, 4) is 0 Å². The zero-order valence-electron chi connectivity index (χ0n) is 11.8. The molecule has 0 spiro atoms. The molecule has 1 aromatic heterocycles. The third-order valence-corrected chi connectivity index (χ3v) is 3.08. The molecule has 2 amide bonds. The first kappa shape index (κ1) is 16.2. The van der Waals surface area contributed by atoms with Gasteiger partial charge in [0.15, 0.2) is 0 Å². The van der Waals surface area contributed by atoms with E-state index in [2.05, 4.69) is 15.6 Å². The molecule has 0 saturated carbocycles. The van der Waals surface area contributed by atoms with E-state index < -0.39 is 17.2 Å². The molecule has 0 aliphatic carbocycles. The van der Waals surface area contributed by atoms with Gasteiger partial charge in [-0.05, 0) is 32.9 Å². The molecule has 0 bridgehead atoms. The minimum Gasteiger partial charge on any atom is -0.370 e. The number of carbonyl (C=O) groups is 2. The van der Waals surface area contributed by atoms with E-state index in [0.29, 0.717) is 12.4 Å². The number of nitrogens with one attached hydrogen (secondary N) is 2. The van der Waals surface area contributed by atoms with Gasteiger partial charge in [0.1, 0.15) is 11.5 Å². The predicted octanol–water partition coefficient (Wildman–Crippen LogP) is 1.41. The molecular weight excluding hydrogens is 280 g/mol. The van der Waals surface area contributed by atoms with E-state index in [1.165, 1.54) is 0 Å². The largest absolute Gasteiger partial charge is 0.370 e. The quantitative estimate of drug-likeness (QED) is 0.739. The van der Waals surface area contributed by atoms with Crippen LogP contribution in [0.3, 0.4) is 0 Å². The molecule has 0 unspecified atom stereocenters. The van der Waals surface area contributed by atoms with Crippen LogP contribution in [0.5, 0.6) is 0 Å². The van der Waals surface area contributed by atoms with Crippen molar-refractivity contribution < 1.29 is 9.59 Å². The van der Waals surface area contributed by atoms with Crippen molar-refractivity contribution in [2.24, 2.45) is 11.1 Å². The molecule has 0 fully saturated rings. The Labute approximate surface area is 123 Å². The molecule has 4 N–H and O–H groups in total. The molecular formula is C13H19ClN4O2. The van der Waals surface area contributed by atoms with Gasteiger partial charge in [-0.2, -0.15) is 0 Å². The molecule has 1 rings (SSSR count). The fourth-order valence-electron chi connectivity index (χ4n) is 1.35. The molecule has 1 aromatic rings. The number of carbonyl (C=O) groups excluding carboxylic acids is 2. The maximum absolute atomic E-state index is 12.1. The van der Waals surface area contributed by atoms with Gasteiger partial charge in [-0.15, -0.1) is 0 Å². The minimum atomic E-state index is -0.832. The topological polar surface area (TPSA) is 97.1 Å². The number of hydrogen-bond acceptors (Lipinski definition) is 4. The zero-order chi connectivity index (χ0) is 15.3. The van der Waals surface area contributed by atoms with Crippen LogP contribution in [0.2, 0.25) is 5.02 Å². The van der Waals surface area contributed by atoms with Crippen LogP contribution in [0.4, 0.5) is 5.82 Å². The zero-order valence-corrected chi connectivity index (χ0v) is 12.5. The van der Waals surface area contributed by atoms with Crippen LogP contribution in [-0.4, -0.2) is 29.9 Å². The van der Waals surface area contributed by atoms with Crippen LogP contribution >= 0.6 is 11.6 Å². The van der Waals surface area contributed by atoms with Crippen LogP contribution in [0.1, 0.15) is 31.3 Å². The van der Waals surface area contributed by atoms with E-state index in [0.717, 1.165) is 0 Å². The molecule has 0 aromatic carbocycles. The third kappa shape index (κ3) is 4.09. The number of nitrogens with two attached hydrogens (primary N) is 1. The maximum atomic E-state index is 12.1. The number of aromatic nitrogens is 1. The summed E-state index contributed by atoms with van der Waals surface area (Å²) in [6.45, 7) is 6.03. The van der Waals surface area contributed by atoms with E-state index >= 15 is 0 Å². The molecule has 0 atom stereocenters. The highest BCUT2D eigenvalue weighted by atomic mass is 35.5. The van der Waals surface area contributed by atoms with Gasteiger partial charge in [-0.1, -0.05) is 11.6 Å². The minimum absolute atomic E-state index is 0.116. The summed E-state index contributed by atoms with van der Waals surface area (Å²) < 4.78 is 0. The van der Waals surface area contributed by atoms with Gasteiger partial charge in [0.05, 0.1) is 10.4 Å². The summed E-state index contributed by atoms with van der Waals surface area (Å²) in [4.78, 5) is 27.4. The lowest BCUT2D eigenvalue weighted by Crippen LogP contribution is -2.42. The monoisotopic (exact) mass is 298 g/mol. The maximum Gasteiger partial charge on any atom is 0.271 e. The lowest BCUT2D eigenvalue weighted by molar-refractivity contribution is -0.125. The second-order valence-electron chi connectivity index (χ2n) is 4.99. The van der Waals surface area contributed by atoms with Gasteiger partial charge in [0.2, 0.25) is 5.91 Å². The molecule has 6 nitrogen and oxygen atoms in total. The van der Waals surface area contributed by atoms with Gasteiger partial charge < -0.3 is 16.4 Å². The van der Waals surface area contributed by atoms with Crippen LogP contribution in [0, 0.1) is 5.41 Å². The molecule has 1 heterocycles. The number of pyridine rings is 1. The Hall–Kier alpha value is -1.82. The Morgan fingerprint density at radius 3 is 2.60 bits per heavy atom. The predicted molar refractivity (Wildman–Crippen MR) is 78.7 cm³/mol. The Kier molecular flexibility index (Phi) is 5.33. The number of amides is 2. The molecule has 7 heteroatoms. The summed E-state index contributed by atoms with van der Waals surface area (Å²) in [5.41, 5.74) is 4.53. The second-order valence-corrected chi connectivity index (χ2v) is 5.40. The van der Waals surface area contributed by atoms with Crippen LogP contribution in [-0.2, 0) is 4.79 Å². The van der Waals surface area contributed by atoms with E-state index in [9.17, 15) is 9.59 Å². The third-order valence-electron chi connectivity index (χ3n) is 2.78. The van der Waals surface area contributed by atoms with E-state index in [4.69, 9.17) is 17.3 Å². The molecule has 20 heavy (non-hydrogen) atoms. The normalized spacial score (nSPS) is 11.0. The summed E-state index contributed by atoms with van der Waals surface area (Å²) in [5.74, 6) is -0.362. The lowest BCUT2D eigenvalue weighted by Gasteiger charge is -2.20. The summed E-state index contributed by atoms with van der Waals surface area (Å²) in [6, 6.07) is 3.29. The Morgan fingerprint density at radius 2 is 2.05 bits per heavy atom. The number of hydrogen-bond donors (Lipinski definition) is 3. The van der Waals surface area contributed by atoms with Crippen molar-refractivity contribution in [1.82, 2.24) is 10.3 Å². The Morgan fingerprint density at radius 1 is 1.40 bits per heavy atom. The molecule has 0 aliphatic heterocycles. The summed E-state index contributed by atoms with van der Waals surface area (Å²) in [7, 11) is 0. The van der Waals surface area contributed by atoms with Crippen molar-refractivity contribution >= 4 is 29.2 Å². The highest BCUT2D eigenvalue weighted by molar-refractivity contribution is 6.33. The first-order valence-electron chi connectivity index (χ1n) is 6.26. The molecule has 0 aliphatic rings. The molecule has 0 saturated heterocycles. The summed E-state index contributed by atoms with van der Waals surface area (Å²) in [6.07, 6.45) is 0. The first-order chi connectivity index (χ1) is 9.27. The van der Waals surface area contributed by atoms with Crippen molar-refractivity contribution in [1.29, 1.82) is 0 Å². The van der Waals surface area contributed by atoms with E-state index in [1.54, 1.807) is 26.0 Å². The van der Waals surface area contributed by atoms with E-state index in [-0.39, 0.29) is 17.3 Å². The number of halogens is 1. The van der Waals surface area contributed by atoms with Gasteiger partial charge in [0.25, 0.3) is 5.91 Å². The number of rotatable bonds is 6. The van der Waals surface area contributed by atoms with E-state index in [1.807, 2.05) is 6.92 Å². The Balaban J connectivity index is 2.82. The van der Waals surface area contributed by atoms with Crippen LogP contribution in [0.25, 0.3) is 0 Å². The van der Waals surface area contributed by atoms with Crippen molar-refractivity contribution in [3.63, 3.8) is 0 Å². The first-order valence-corrected chi connectivity index (χ1v) is 6.64. The summed E-state index contributed by atoms with van der Waals surface area (Å²) in [5, 5.41) is 5.86. The van der Waals surface area contributed by atoms with Crippen molar-refractivity contribution in [2.75, 3.05) is 18.4 Å². The highest BCUT2D eigenvalue weighted by Crippen LogP contribution is 2.17. The molecule has 110 valence electrons. The van der Waals surface area contributed by atoms with Crippen LogP contribution < -0.4 is 16.4 Å². The van der Waals surface area contributed by atoms with Crippen molar-refractivity contribution in [2.45, 2.75) is 20.8 Å². The van der Waals surface area contributed by atoms with Crippen LogP contribution in [0.15, 0.2) is 12.1 Å². The van der Waals surface area contributed by atoms with Gasteiger partial charge in [-0.25, -0.2) is 4.98 Å². The van der Waals surface area contributed by atoms with Crippen molar-refractivity contribution in [3.05, 3.63) is 22.8 Å². The SMILES string of the molecule is CCNc1ccc(Cl)c(C(=O)NCC(C)(C)C(N)=O)n1. The number of nitrogens with zero attached hydrogens (tertiary/aromatic N) is 1. The number of anilines is 1. The second kappa shape index (κ2) is 6.56. The van der Waals surface area contributed by atoms with Gasteiger partial charge >= 0.3 is 0 Å². The Bertz CT molecular complexity index is 517. The summed E-state index contributed by atoms with van der Waals surface area (Å²) >= 11 is 5.96. The highest BCUT2D eigenvalue weighted by Gasteiger charge is 2.26.